The first kappa shape index (κ1) is 21.1. The maximum atomic E-state index is 12.1. The lowest BCUT2D eigenvalue weighted by molar-refractivity contribution is -0.153. The summed E-state index contributed by atoms with van der Waals surface area (Å²) in [6, 6.07) is 14.1. The maximum absolute atomic E-state index is 12.1. The molecule has 9 heteroatoms. The van der Waals surface area contributed by atoms with Gasteiger partial charge in [-0.05, 0) is 24.6 Å². The summed E-state index contributed by atoms with van der Waals surface area (Å²) >= 11 is 1.37. The second kappa shape index (κ2) is 10.3. The van der Waals surface area contributed by atoms with Crippen LogP contribution in [-0.4, -0.2) is 34.0 Å². The number of aromatic nitrogens is 2. The predicted octanol–water partition coefficient (Wildman–Crippen LogP) is 2.71. The first-order valence-corrected chi connectivity index (χ1v) is 10.1. The van der Waals surface area contributed by atoms with Crippen molar-refractivity contribution < 1.29 is 19.1 Å². The van der Waals surface area contributed by atoms with Gasteiger partial charge in [0.25, 0.3) is 5.91 Å². The van der Waals surface area contributed by atoms with Crippen LogP contribution in [0.15, 0.2) is 60.1 Å². The normalized spacial score (nSPS) is 11.4. The number of imide groups is 1. The van der Waals surface area contributed by atoms with Crippen molar-refractivity contribution in [1.82, 2.24) is 20.6 Å². The lowest BCUT2D eigenvalue weighted by Crippen LogP contribution is -2.44. The van der Waals surface area contributed by atoms with E-state index in [0.717, 1.165) is 11.3 Å². The highest BCUT2D eigenvalue weighted by atomic mass is 32.1. The zero-order valence-electron chi connectivity index (χ0n) is 16.2. The molecule has 2 N–H and O–H groups in total. The fourth-order valence-corrected chi connectivity index (χ4v) is 3.27. The van der Waals surface area contributed by atoms with Crippen molar-refractivity contribution in [3.63, 3.8) is 0 Å². The van der Waals surface area contributed by atoms with Crippen LogP contribution in [0.25, 0.3) is 10.7 Å². The fourth-order valence-electron chi connectivity index (χ4n) is 2.47. The van der Waals surface area contributed by atoms with E-state index >= 15 is 0 Å². The quantitative estimate of drug-likeness (QED) is 0.564. The standard InChI is InChI=1S/C21H20N4O4S/c1-14(19(27)25-21(28)23-12-15-7-3-2-4-8-15)29-18(26)11-16-13-30-20(24-16)17-9-5-6-10-22-17/h2-10,13-14H,11-12H2,1H3,(H2,23,25,27,28). The van der Waals surface area contributed by atoms with Crippen LogP contribution in [0.1, 0.15) is 18.2 Å². The molecule has 0 aliphatic carbocycles. The maximum Gasteiger partial charge on any atom is 0.321 e. The smallest absolute Gasteiger partial charge is 0.321 e. The molecule has 30 heavy (non-hydrogen) atoms. The van der Waals surface area contributed by atoms with Crippen LogP contribution >= 0.6 is 11.3 Å². The second-order valence-electron chi connectivity index (χ2n) is 6.33. The van der Waals surface area contributed by atoms with Gasteiger partial charge in [-0.15, -0.1) is 11.3 Å². The van der Waals surface area contributed by atoms with Gasteiger partial charge in [0.15, 0.2) is 6.10 Å². The van der Waals surface area contributed by atoms with Crippen molar-refractivity contribution >= 4 is 29.2 Å². The van der Waals surface area contributed by atoms with Crippen LogP contribution in [0.4, 0.5) is 4.79 Å². The van der Waals surface area contributed by atoms with Crippen LogP contribution in [0.3, 0.4) is 0 Å². The molecule has 1 aromatic carbocycles. The number of thiazole rings is 1. The van der Waals surface area contributed by atoms with E-state index in [9.17, 15) is 14.4 Å². The summed E-state index contributed by atoms with van der Waals surface area (Å²) in [7, 11) is 0. The van der Waals surface area contributed by atoms with E-state index in [1.807, 2.05) is 48.5 Å². The number of esters is 1. The molecule has 2 aromatic heterocycles. The molecule has 3 aromatic rings. The molecule has 0 radical (unpaired) electrons. The number of hydrogen-bond donors (Lipinski definition) is 2. The van der Waals surface area contributed by atoms with Gasteiger partial charge in [-0.1, -0.05) is 36.4 Å². The Labute approximate surface area is 177 Å². The Hall–Kier alpha value is -3.59. The summed E-state index contributed by atoms with van der Waals surface area (Å²) in [5.41, 5.74) is 2.14. The molecule has 1 unspecified atom stereocenters. The van der Waals surface area contributed by atoms with Crippen LogP contribution in [0, 0.1) is 0 Å². The Balaban J connectivity index is 1.44. The molecular formula is C21H20N4O4S. The minimum atomic E-state index is -1.12. The number of nitrogens with one attached hydrogen (secondary N) is 2. The van der Waals surface area contributed by atoms with Crippen molar-refractivity contribution in [2.45, 2.75) is 26.0 Å². The third-order valence-electron chi connectivity index (χ3n) is 3.97. The van der Waals surface area contributed by atoms with Crippen LogP contribution in [0.2, 0.25) is 0 Å². The van der Waals surface area contributed by atoms with E-state index < -0.39 is 24.0 Å². The van der Waals surface area contributed by atoms with Crippen molar-refractivity contribution in [1.29, 1.82) is 0 Å². The van der Waals surface area contributed by atoms with E-state index in [-0.39, 0.29) is 13.0 Å². The zero-order valence-corrected chi connectivity index (χ0v) is 17.0. The highest BCUT2D eigenvalue weighted by Gasteiger charge is 2.20. The molecule has 1 atom stereocenters. The number of carbonyl (C=O) groups excluding carboxylic acids is 3. The van der Waals surface area contributed by atoms with Gasteiger partial charge in [0.1, 0.15) is 5.01 Å². The van der Waals surface area contributed by atoms with E-state index in [0.29, 0.717) is 10.7 Å². The molecule has 0 aliphatic heterocycles. The largest absolute Gasteiger partial charge is 0.452 e. The van der Waals surface area contributed by atoms with Gasteiger partial charge in [0.2, 0.25) is 0 Å². The van der Waals surface area contributed by atoms with Crippen molar-refractivity contribution in [2.24, 2.45) is 0 Å². The van der Waals surface area contributed by atoms with E-state index in [1.54, 1.807) is 11.6 Å². The topological polar surface area (TPSA) is 110 Å². The number of amides is 3. The number of hydrogen-bond acceptors (Lipinski definition) is 7. The Morgan fingerprint density at radius 2 is 1.87 bits per heavy atom. The van der Waals surface area contributed by atoms with Crippen molar-refractivity contribution in [3.8, 4) is 10.7 Å². The summed E-state index contributed by atoms with van der Waals surface area (Å²) < 4.78 is 5.11. The average molecular weight is 424 g/mol. The van der Waals surface area contributed by atoms with E-state index in [1.165, 1.54) is 18.3 Å². The zero-order chi connectivity index (χ0) is 21.3. The van der Waals surface area contributed by atoms with Crippen LogP contribution in [0.5, 0.6) is 0 Å². The molecule has 0 spiro atoms. The van der Waals surface area contributed by atoms with Gasteiger partial charge in [-0.2, -0.15) is 0 Å². The first-order valence-electron chi connectivity index (χ1n) is 9.19. The number of urea groups is 1. The van der Waals surface area contributed by atoms with Gasteiger partial charge >= 0.3 is 12.0 Å². The summed E-state index contributed by atoms with van der Waals surface area (Å²) in [4.78, 5) is 44.6. The molecule has 2 heterocycles. The van der Waals surface area contributed by atoms with Crippen molar-refractivity contribution in [2.75, 3.05) is 0 Å². The molecule has 3 rings (SSSR count). The van der Waals surface area contributed by atoms with Gasteiger partial charge in [0, 0.05) is 18.1 Å². The Morgan fingerprint density at radius 3 is 2.60 bits per heavy atom. The summed E-state index contributed by atoms with van der Waals surface area (Å²) in [6.45, 7) is 1.68. The van der Waals surface area contributed by atoms with Gasteiger partial charge in [-0.25, -0.2) is 9.78 Å². The highest BCUT2D eigenvalue weighted by molar-refractivity contribution is 7.13. The number of carbonyl (C=O) groups is 3. The molecule has 0 aliphatic rings. The van der Waals surface area contributed by atoms with Crippen LogP contribution in [-0.2, 0) is 27.3 Å². The number of rotatable bonds is 7. The average Bonchev–Trinajstić information content (AvgIpc) is 3.22. The molecule has 154 valence electrons. The number of pyridine rings is 1. The van der Waals surface area contributed by atoms with Crippen LogP contribution < -0.4 is 10.6 Å². The monoisotopic (exact) mass is 424 g/mol. The highest BCUT2D eigenvalue weighted by Crippen LogP contribution is 2.21. The minimum absolute atomic E-state index is 0.0822. The Morgan fingerprint density at radius 1 is 1.10 bits per heavy atom. The fraction of sp³-hybridized carbons (Fsp3) is 0.190. The molecule has 0 bridgehead atoms. The third kappa shape index (κ3) is 6.21. The molecular weight excluding hydrogens is 404 g/mol. The number of benzene rings is 1. The molecule has 0 saturated heterocycles. The van der Waals surface area contributed by atoms with Gasteiger partial charge in [-0.3, -0.25) is 19.9 Å². The van der Waals surface area contributed by atoms with E-state index in [2.05, 4.69) is 20.6 Å². The van der Waals surface area contributed by atoms with Gasteiger partial charge < -0.3 is 10.1 Å². The number of nitrogens with zero attached hydrogens (tertiary/aromatic N) is 2. The SMILES string of the molecule is CC(OC(=O)Cc1csc(-c2ccccn2)n1)C(=O)NC(=O)NCc1ccccc1. The summed E-state index contributed by atoms with van der Waals surface area (Å²) in [5, 5.41) is 7.16. The summed E-state index contributed by atoms with van der Waals surface area (Å²) in [6.07, 6.45) is 0.469. The third-order valence-corrected chi connectivity index (χ3v) is 4.88. The minimum Gasteiger partial charge on any atom is -0.452 e. The molecule has 0 fully saturated rings. The van der Waals surface area contributed by atoms with E-state index in [4.69, 9.17) is 4.74 Å². The first-order chi connectivity index (χ1) is 14.5. The van der Waals surface area contributed by atoms with Crippen molar-refractivity contribution in [3.05, 3.63) is 71.4 Å². The molecule has 3 amide bonds. The molecule has 0 saturated carbocycles. The second-order valence-corrected chi connectivity index (χ2v) is 7.18. The Kier molecular flexibility index (Phi) is 7.23. The molecule has 8 nitrogen and oxygen atoms in total. The van der Waals surface area contributed by atoms with Gasteiger partial charge in [0.05, 0.1) is 17.8 Å². The lowest BCUT2D eigenvalue weighted by atomic mass is 10.2. The Bertz CT molecular complexity index is 1010. The predicted molar refractivity (Wildman–Crippen MR) is 111 cm³/mol. The lowest BCUT2D eigenvalue weighted by Gasteiger charge is -2.13. The number of ether oxygens (including phenoxy) is 1. The summed E-state index contributed by atoms with van der Waals surface area (Å²) in [5.74, 6) is -1.32.